The maximum Gasteiger partial charge on any atom is 0.238 e. The summed E-state index contributed by atoms with van der Waals surface area (Å²) >= 11 is 5.91. The molecule has 110 valence electrons. The number of likely N-dealkylation sites (tertiary alicyclic amines) is 1. The first kappa shape index (κ1) is 15.3. The Kier molecular flexibility index (Phi) is 5.02. The standard InChI is InChI=1S/C15H22ClN3O/c1-10-7-12(16)3-4-14(10)18-15(20)9-19-6-5-13(17)11(2)8-19/h3-4,7,11,13H,5-6,8-9,17H2,1-2H3,(H,18,20). The third-order valence-electron chi connectivity index (χ3n) is 3.89. The van der Waals surface area contributed by atoms with Crippen molar-refractivity contribution in [3.63, 3.8) is 0 Å². The summed E-state index contributed by atoms with van der Waals surface area (Å²) < 4.78 is 0. The number of nitrogens with one attached hydrogen (secondary N) is 1. The molecule has 2 rings (SSSR count). The molecule has 1 fully saturated rings. The van der Waals surface area contributed by atoms with Gasteiger partial charge in [0.15, 0.2) is 0 Å². The van der Waals surface area contributed by atoms with Crippen molar-refractivity contribution in [2.45, 2.75) is 26.3 Å². The Labute approximate surface area is 125 Å². The fraction of sp³-hybridized carbons (Fsp3) is 0.533. The van der Waals surface area contributed by atoms with Crippen LogP contribution in [-0.4, -0.2) is 36.5 Å². The molecule has 4 nitrogen and oxygen atoms in total. The first-order valence-electron chi connectivity index (χ1n) is 6.99. The van der Waals surface area contributed by atoms with Crippen molar-refractivity contribution < 1.29 is 4.79 Å². The number of benzene rings is 1. The minimum Gasteiger partial charge on any atom is -0.327 e. The Hall–Kier alpha value is -1.10. The summed E-state index contributed by atoms with van der Waals surface area (Å²) in [5.74, 6) is 0.451. The van der Waals surface area contributed by atoms with E-state index in [1.165, 1.54) is 0 Å². The molecule has 5 heteroatoms. The normalized spacial score (nSPS) is 23.6. The highest BCUT2D eigenvalue weighted by Crippen LogP contribution is 2.20. The fourth-order valence-electron chi connectivity index (χ4n) is 2.55. The van der Waals surface area contributed by atoms with Crippen LogP contribution in [0.15, 0.2) is 18.2 Å². The lowest BCUT2D eigenvalue weighted by atomic mass is 9.95. The lowest BCUT2D eigenvalue weighted by Gasteiger charge is -2.34. The van der Waals surface area contributed by atoms with Crippen LogP contribution >= 0.6 is 11.6 Å². The van der Waals surface area contributed by atoms with E-state index in [2.05, 4.69) is 17.1 Å². The van der Waals surface area contributed by atoms with Gasteiger partial charge in [-0.05, 0) is 43.0 Å². The second-order valence-corrected chi connectivity index (χ2v) is 6.11. The summed E-state index contributed by atoms with van der Waals surface area (Å²) in [5, 5.41) is 3.62. The molecule has 1 saturated heterocycles. The van der Waals surface area contributed by atoms with Crippen molar-refractivity contribution >= 4 is 23.2 Å². The highest BCUT2D eigenvalue weighted by molar-refractivity contribution is 6.30. The Balaban J connectivity index is 1.89. The van der Waals surface area contributed by atoms with Crippen molar-refractivity contribution in [1.82, 2.24) is 4.90 Å². The van der Waals surface area contributed by atoms with E-state index in [9.17, 15) is 4.79 Å². The van der Waals surface area contributed by atoms with E-state index in [4.69, 9.17) is 17.3 Å². The van der Waals surface area contributed by atoms with Gasteiger partial charge in [-0.15, -0.1) is 0 Å². The number of hydrogen-bond acceptors (Lipinski definition) is 3. The van der Waals surface area contributed by atoms with Crippen molar-refractivity contribution in [3.05, 3.63) is 28.8 Å². The number of amides is 1. The van der Waals surface area contributed by atoms with Crippen molar-refractivity contribution in [2.75, 3.05) is 25.0 Å². The molecule has 0 aromatic heterocycles. The summed E-state index contributed by atoms with van der Waals surface area (Å²) in [6.45, 7) is 6.26. The second kappa shape index (κ2) is 6.57. The number of anilines is 1. The van der Waals surface area contributed by atoms with Gasteiger partial charge in [-0.3, -0.25) is 9.69 Å². The fourth-order valence-corrected chi connectivity index (χ4v) is 2.78. The number of hydrogen-bond donors (Lipinski definition) is 2. The molecule has 3 N–H and O–H groups in total. The molecule has 0 spiro atoms. The lowest BCUT2D eigenvalue weighted by Crippen LogP contribution is -2.48. The van der Waals surface area contributed by atoms with Crippen LogP contribution in [0.5, 0.6) is 0 Å². The number of nitrogens with zero attached hydrogens (tertiary/aromatic N) is 1. The van der Waals surface area contributed by atoms with Crippen LogP contribution in [0, 0.1) is 12.8 Å². The van der Waals surface area contributed by atoms with Gasteiger partial charge < -0.3 is 11.1 Å². The molecule has 2 unspecified atom stereocenters. The molecule has 0 bridgehead atoms. The van der Waals surface area contributed by atoms with Gasteiger partial charge in [-0.1, -0.05) is 18.5 Å². The Morgan fingerprint density at radius 3 is 2.95 bits per heavy atom. The average molecular weight is 296 g/mol. The number of carbonyl (C=O) groups excluding carboxylic acids is 1. The minimum atomic E-state index is 0.0121. The lowest BCUT2D eigenvalue weighted by molar-refractivity contribution is -0.117. The van der Waals surface area contributed by atoms with Crippen LogP contribution in [-0.2, 0) is 4.79 Å². The molecule has 0 radical (unpaired) electrons. The predicted molar refractivity (Wildman–Crippen MR) is 83.0 cm³/mol. The molecule has 1 heterocycles. The highest BCUT2D eigenvalue weighted by Gasteiger charge is 2.24. The van der Waals surface area contributed by atoms with Crippen molar-refractivity contribution in [1.29, 1.82) is 0 Å². The minimum absolute atomic E-state index is 0.0121. The number of halogens is 1. The van der Waals surface area contributed by atoms with E-state index in [1.807, 2.05) is 19.1 Å². The van der Waals surface area contributed by atoms with Crippen LogP contribution in [0.3, 0.4) is 0 Å². The summed E-state index contributed by atoms with van der Waals surface area (Å²) in [4.78, 5) is 14.3. The zero-order valence-corrected chi connectivity index (χ0v) is 12.8. The van der Waals surface area contributed by atoms with Crippen molar-refractivity contribution in [2.24, 2.45) is 11.7 Å². The van der Waals surface area contributed by atoms with Gasteiger partial charge in [0.05, 0.1) is 6.54 Å². The average Bonchev–Trinajstić information content (AvgIpc) is 2.37. The molecule has 1 aliphatic heterocycles. The van der Waals surface area contributed by atoms with Crippen LogP contribution in [0.1, 0.15) is 18.9 Å². The first-order chi connectivity index (χ1) is 9.45. The zero-order chi connectivity index (χ0) is 14.7. The van der Waals surface area contributed by atoms with Gasteiger partial charge in [0, 0.05) is 29.8 Å². The number of piperidine rings is 1. The molecular weight excluding hydrogens is 274 g/mol. The predicted octanol–water partition coefficient (Wildman–Crippen LogP) is 2.26. The summed E-state index contributed by atoms with van der Waals surface area (Å²) in [5.41, 5.74) is 7.78. The van der Waals surface area contributed by atoms with E-state index in [0.29, 0.717) is 17.5 Å². The summed E-state index contributed by atoms with van der Waals surface area (Å²) in [6, 6.07) is 5.73. The van der Waals surface area contributed by atoms with Gasteiger partial charge in [0.25, 0.3) is 0 Å². The quantitative estimate of drug-likeness (QED) is 0.899. The molecule has 0 saturated carbocycles. The second-order valence-electron chi connectivity index (χ2n) is 5.67. The number of carbonyl (C=O) groups is 1. The van der Waals surface area contributed by atoms with Crippen LogP contribution in [0.2, 0.25) is 5.02 Å². The van der Waals surface area contributed by atoms with E-state index in [-0.39, 0.29) is 11.9 Å². The number of nitrogens with two attached hydrogens (primary N) is 1. The van der Waals surface area contributed by atoms with E-state index in [1.54, 1.807) is 6.07 Å². The number of aryl methyl sites for hydroxylation is 1. The van der Waals surface area contributed by atoms with Crippen LogP contribution in [0.4, 0.5) is 5.69 Å². The first-order valence-corrected chi connectivity index (χ1v) is 7.37. The van der Waals surface area contributed by atoms with Crippen LogP contribution in [0.25, 0.3) is 0 Å². The molecule has 2 atom stereocenters. The third kappa shape index (κ3) is 3.95. The molecule has 1 aromatic rings. The van der Waals surface area contributed by atoms with Crippen LogP contribution < -0.4 is 11.1 Å². The van der Waals surface area contributed by atoms with Gasteiger partial charge >= 0.3 is 0 Å². The summed E-state index contributed by atoms with van der Waals surface area (Å²) in [7, 11) is 0. The molecule has 1 aromatic carbocycles. The maximum atomic E-state index is 12.1. The number of rotatable bonds is 3. The van der Waals surface area contributed by atoms with Gasteiger partial charge in [-0.2, -0.15) is 0 Å². The topological polar surface area (TPSA) is 58.4 Å². The van der Waals surface area contributed by atoms with Gasteiger partial charge in [0.1, 0.15) is 0 Å². The van der Waals surface area contributed by atoms with Crippen molar-refractivity contribution in [3.8, 4) is 0 Å². The Morgan fingerprint density at radius 1 is 1.55 bits per heavy atom. The smallest absolute Gasteiger partial charge is 0.238 e. The Bertz CT molecular complexity index is 492. The van der Waals surface area contributed by atoms with E-state index >= 15 is 0 Å². The maximum absolute atomic E-state index is 12.1. The monoisotopic (exact) mass is 295 g/mol. The van der Waals surface area contributed by atoms with E-state index < -0.39 is 0 Å². The summed E-state index contributed by atoms with van der Waals surface area (Å²) in [6.07, 6.45) is 0.953. The SMILES string of the molecule is Cc1cc(Cl)ccc1NC(=O)CN1CCC(N)C(C)C1. The Morgan fingerprint density at radius 2 is 2.30 bits per heavy atom. The molecule has 1 amide bonds. The van der Waals surface area contributed by atoms with Gasteiger partial charge in [0.2, 0.25) is 5.91 Å². The molecule has 1 aliphatic rings. The molecular formula is C15H22ClN3O. The zero-order valence-electron chi connectivity index (χ0n) is 12.0. The third-order valence-corrected chi connectivity index (χ3v) is 4.12. The molecule has 20 heavy (non-hydrogen) atoms. The molecule has 0 aliphatic carbocycles. The highest BCUT2D eigenvalue weighted by atomic mass is 35.5. The van der Waals surface area contributed by atoms with E-state index in [0.717, 1.165) is 30.8 Å². The largest absolute Gasteiger partial charge is 0.327 e. The van der Waals surface area contributed by atoms with Gasteiger partial charge in [-0.25, -0.2) is 0 Å².